The lowest BCUT2D eigenvalue weighted by Crippen LogP contribution is -1.94. The third-order valence-electron chi connectivity index (χ3n) is 11.0. The average Bonchev–Trinajstić information content (AvgIpc) is 3.60. The van der Waals surface area contributed by atoms with Gasteiger partial charge in [-0.3, -0.25) is 4.98 Å². The summed E-state index contributed by atoms with van der Waals surface area (Å²) in [6.07, 6.45) is 1.92. The highest BCUT2D eigenvalue weighted by Crippen LogP contribution is 2.37. The summed E-state index contributed by atoms with van der Waals surface area (Å²) < 4.78 is 2.40. The van der Waals surface area contributed by atoms with E-state index in [2.05, 4.69) is 199 Å². The number of rotatable bonds is 5. The highest BCUT2D eigenvalue weighted by atomic mass is 15.0. The van der Waals surface area contributed by atoms with E-state index < -0.39 is 0 Å². The Bertz CT molecular complexity index is 3210. The molecule has 0 aliphatic rings. The standard InChI is InChI=1S/C52H33N3/c1-2-12-34(13-3-1)39-28-29-45-44-20-8-9-23-49(44)55(50(45)32-39)41-17-11-15-38(31-41)36-26-24-35(25-27-36)37-14-10-16-40(30-37)48-33-53-51-46-21-6-4-18-42(46)43-19-5-7-22-47(43)52(51)54-48/h1-33H. The molecule has 9 aromatic carbocycles. The molecule has 55 heavy (non-hydrogen) atoms. The van der Waals surface area contributed by atoms with Crippen molar-refractivity contribution in [3.63, 3.8) is 0 Å². The molecule has 2 heterocycles. The minimum absolute atomic E-state index is 0.865. The van der Waals surface area contributed by atoms with Crippen molar-refractivity contribution in [1.29, 1.82) is 0 Å². The molecule has 0 N–H and O–H groups in total. The highest BCUT2D eigenvalue weighted by molar-refractivity contribution is 6.23. The SMILES string of the molecule is c1ccc(-c2ccc3c4ccccc4n(-c4cccc(-c5ccc(-c6cccc(-c7cnc8c9ccccc9c9ccccc9c8n7)c6)cc5)c4)c3c2)cc1. The monoisotopic (exact) mass is 699 g/mol. The van der Waals surface area contributed by atoms with E-state index in [4.69, 9.17) is 9.97 Å². The van der Waals surface area contributed by atoms with Gasteiger partial charge in [0.1, 0.15) is 0 Å². The van der Waals surface area contributed by atoms with Crippen LogP contribution in [-0.2, 0) is 0 Å². The molecule has 3 nitrogen and oxygen atoms in total. The number of nitrogens with zero attached hydrogens (tertiary/aromatic N) is 3. The normalized spacial score (nSPS) is 11.6. The van der Waals surface area contributed by atoms with Gasteiger partial charge in [-0.05, 0) is 74.5 Å². The Hall–Kier alpha value is -7.36. The molecular formula is C52H33N3. The first-order valence-electron chi connectivity index (χ1n) is 18.7. The van der Waals surface area contributed by atoms with Crippen molar-refractivity contribution >= 4 is 54.4 Å². The first-order valence-corrected chi connectivity index (χ1v) is 18.7. The van der Waals surface area contributed by atoms with Gasteiger partial charge in [0.25, 0.3) is 0 Å². The minimum Gasteiger partial charge on any atom is -0.309 e. The Labute approximate surface area is 318 Å². The maximum atomic E-state index is 5.24. The summed E-state index contributed by atoms with van der Waals surface area (Å²) in [7, 11) is 0. The van der Waals surface area contributed by atoms with Crippen LogP contribution in [0.3, 0.4) is 0 Å². The lowest BCUT2D eigenvalue weighted by molar-refractivity contribution is 1.18. The van der Waals surface area contributed by atoms with E-state index in [9.17, 15) is 0 Å². The van der Waals surface area contributed by atoms with Gasteiger partial charge < -0.3 is 4.57 Å². The van der Waals surface area contributed by atoms with Gasteiger partial charge in [0.15, 0.2) is 0 Å². The number of fused-ring (bicyclic) bond motifs is 9. The van der Waals surface area contributed by atoms with Crippen LogP contribution in [0.2, 0.25) is 0 Å². The predicted molar refractivity (Wildman–Crippen MR) is 231 cm³/mol. The van der Waals surface area contributed by atoms with Crippen LogP contribution in [0, 0.1) is 0 Å². The largest absolute Gasteiger partial charge is 0.309 e. The van der Waals surface area contributed by atoms with Crippen molar-refractivity contribution in [2.45, 2.75) is 0 Å². The van der Waals surface area contributed by atoms with Crippen molar-refractivity contribution in [2.75, 3.05) is 0 Å². The van der Waals surface area contributed by atoms with Gasteiger partial charge in [0, 0.05) is 32.8 Å². The van der Waals surface area contributed by atoms with E-state index in [1.54, 1.807) is 0 Å². The Morgan fingerprint density at radius 2 is 0.818 bits per heavy atom. The molecule has 0 radical (unpaired) electrons. The Kier molecular flexibility index (Phi) is 7.17. The zero-order valence-corrected chi connectivity index (χ0v) is 29.9. The smallest absolute Gasteiger partial charge is 0.0979 e. The van der Waals surface area contributed by atoms with Crippen molar-refractivity contribution in [3.8, 4) is 50.3 Å². The van der Waals surface area contributed by atoms with Gasteiger partial charge in [-0.2, -0.15) is 0 Å². The van der Waals surface area contributed by atoms with E-state index in [0.29, 0.717) is 0 Å². The van der Waals surface area contributed by atoms with Crippen LogP contribution < -0.4 is 0 Å². The van der Waals surface area contributed by atoms with Crippen LogP contribution in [0.15, 0.2) is 200 Å². The molecule has 2 aromatic heterocycles. The van der Waals surface area contributed by atoms with Gasteiger partial charge in [0.05, 0.1) is 34.0 Å². The summed E-state index contributed by atoms with van der Waals surface area (Å²) in [6.45, 7) is 0. The van der Waals surface area contributed by atoms with Gasteiger partial charge in [-0.25, -0.2) is 4.98 Å². The third-order valence-corrected chi connectivity index (χ3v) is 11.0. The second-order valence-corrected chi connectivity index (χ2v) is 14.2. The molecule has 0 bridgehead atoms. The third kappa shape index (κ3) is 5.20. The lowest BCUT2D eigenvalue weighted by Gasteiger charge is -2.12. The molecule has 0 fully saturated rings. The molecule has 11 aromatic rings. The van der Waals surface area contributed by atoms with E-state index in [1.165, 1.54) is 54.8 Å². The molecule has 0 saturated carbocycles. The number of aromatic nitrogens is 3. The number of para-hydroxylation sites is 1. The summed E-state index contributed by atoms with van der Waals surface area (Å²) in [5.74, 6) is 0. The second-order valence-electron chi connectivity index (χ2n) is 14.2. The first-order chi connectivity index (χ1) is 27.3. The number of benzene rings is 9. The van der Waals surface area contributed by atoms with E-state index in [-0.39, 0.29) is 0 Å². The van der Waals surface area contributed by atoms with E-state index in [0.717, 1.165) is 49.9 Å². The molecule has 0 aliphatic carbocycles. The minimum atomic E-state index is 0.865. The number of hydrogen-bond acceptors (Lipinski definition) is 2. The van der Waals surface area contributed by atoms with E-state index in [1.807, 2.05) is 6.20 Å². The van der Waals surface area contributed by atoms with Crippen LogP contribution in [0.4, 0.5) is 0 Å². The maximum Gasteiger partial charge on any atom is 0.0979 e. The van der Waals surface area contributed by atoms with Crippen molar-refractivity contribution in [2.24, 2.45) is 0 Å². The average molecular weight is 700 g/mol. The zero-order chi connectivity index (χ0) is 36.3. The lowest BCUT2D eigenvalue weighted by atomic mass is 9.98. The molecule has 256 valence electrons. The molecular weight excluding hydrogens is 667 g/mol. The zero-order valence-electron chi connectivity index (χ0n) is 29.9. The quantitative estimate of drug-likeness (QED) is 0.167. The molecule has 0 saturated heterocycles. The summed E-state index contributed by atoms with van der Waals surface area (Å²) in [5, 5.41) is 7.16. The fourth-order valence-electron chi connectivity index (χ4n) is 8.36. The highest BCUT2D eigenvalue weighted by Gasteiger charge is 2.15. The maximum absolute atomic E-state index is 5.24. The molecule has 3 heteroatoms. The van der Waals surface area contributed by atoms with Crippen molar-refractivity contribution < 1.29 is 0 Å². The topological polar surface area (TPSA) is 30.7 Å². The molecule has 0 spiro atoms. The van der Waals surface area contributed by atoms with Crippen LogP contribution in [0.25, 0.3) is 105 Å². The van der Waals surface area contributed by atoms with Crippen LogP contribution >= 0.6 is 0 Å². The molecule has 0 unspecified atom stereocenters. The second kappa shape index (κ2) is 12.6. The predicted octanol–water partition coefficient (Wildman–Crippen LogP) is 13.7. The summed E-state index contributed by atoms with van der Waals surface area (Å²) in [5.41, 5.74) is 14.4. The molecule has 0 aliphatic heterocycles. The van der Waals surface area contributed by atoms with Crippen LogP contribution in [0.1, 0.15) is 0 Å². The molecule has 0 atom stereocenters. The Balaban J connectivity index is 0.950. The summed E-state index contributed by atoms with van der Waals surface area (Å²) in [6, 6.07) is 69.6. The van der Waals surface area contributed by atoms with Crippen molar-refractivity contribution in [1.82, 2.24) is 14.5 Å². The number of hydrogen-bond donors (Lipinski definition) is 0. The van der Waals surface area contributed by atoms with Gasteiger partial charge >= 0.3 is 0 Å². The Morgan fingerprint density at radius 3 is 1.56 bits per heavy atom. The van der Waals surface area contributed by atoms with E-state index >= 15 is 0 Å². The molecule has 0 amide bonds. The summed E-state index contributed by atoms with van der Waals surface area (Å²) >= 11 is 0. The first kappa shape index (κ1) is 31.2. The van der Waals surface area contributed by atoms with Crippen molar-refractivity contribution in [3.05, 3.63) is 200 Å². The molecule has 11 rings (SSSR count). The Morgan fingerprint density at radius 1 is 0.309 bits per heavy atom. The fraction of sp³-hybridized carbons (Fsp3) is 0. The summed E-state index contributed by atoms with van der Waals surface area (Å²) in [4.78, 5) is 10.2. The van der Waals surface area contributed by atoms with Gasteiger partial charge in [0.2, 0.25) is 0 Å². The van der Waals surface area contributed by atoms with Gasteiger partial charge in [-0.1, -0.05) is 164 Å². The van der Waals surface area contributed by atoms with Crippen LogP contribution in [-0.4, -0.2) is 14.5 Å². The van der Waals surface area contributed by atoms with Gasteiger partial charge in [-0.15, -0.1) is 0 Å². The fourth-order valence-corrected chi connectivity index (χ4v) is 8.36. The van der Waals surface area contributed by atoms with Crippen LogP contribution in [0.5, 0.6) is 0 Å².